The van der Waals surface area contributed by atoms with E-state index in [0.717, 1.165) is 29.7 Å². The molecular weight excluding hydrogens is 420 g/mol. The van der Waals surface area contributed by atoms with Crippen molar-refractivity contribution in [1.82, 2.24) is 20.5 Å². The topological polar surface area (TPSA) is 104 Å². The maximum Gasteiger partial charge on any atom is 0.410 e. The van der Waals surface area contributed by atoms with Crippen LogP contribution in [-0.4, -0.2) is 64.9 Å². The van der Waals surface area contributed by atoms with Crippen LogP contribution in [0.25, 0.3) is 11.3 Å². The minimum atomic E-state index is -0.473. The summed E-state index contributed by atoms with van der Waals surface area (Å²) < 4.78 is 5.45. The first-order valence-corrected chi connectivity index (χ1v) is 11.4. The number of piperidine rings is 1. The summed E-state index contributed by atoms with van der Waals surface area (Å²) in [5.74, 6) is -0.218. The van der Waals surface area contributed by atoms with Gasteiger partial charge in [0.2, 0.25) is 0 Å². The molecule has 0 unspecified atom stereocenters. The molecule has 3 rings (SSSR count). The molecule has 0 bridgehead atoms. The van der Waals surface area contributed by atoms with Gasteiger partial charge in [-0.15, -0.1) is 0 Å². The van der Waals surface area contributed by atoms with Crippen molar-refractivity contribution < 1.29 is 19.4 Å². The van der Waals surface area contributed by atoms with Gasteiger partial charge in [-0.1, -0.05) is 18.2 Å². The molecule has 2 aromatic rings. The Morgan fingerprint density at radius 2 is 1.94 bits per heavy atom. The molecule has 33 heavy (non-hydrogen) atoms. The fourth-order valence-electron chi connectivity index (χ4n) is 3.65. The lowest BCUT2D eigenvalue weighted by Crippen LogP contribution is -2.46. The number of hydrogen-bond donors (Lipinski definition) is 3. The second-order valence-corrected chi connectivity index (χ2v) is 9.23. The Labute approximate surface area is 195 Å². The number of likely N-dealkylation sites (tertiary alicyclic amines) is 1. The van der Waals surface area contributed by atoms with Crippen molar-refractivity contribution >= 4 is 12.0 Å². The molecular formula is C25H34N4O4. The number of aliphatic hydroxyl groups is 1. The zero-order valence-corrected chi connectivity index (χ0v) is 19.6. The lowest BCUT2D eigenvalue weighted by Gasteiger charge is -2.33. The highest BCUT2D eigenvalue weighted by Gasteiger charge is 2.26. The van der Waals surface area contributed by atoms with Crippen LogP contribution >= 0.6 is 0 Å². The van der Waals surface area contributed by atoms with Gasteiger partial charge >= 0.3 is 6.09 Å². The maximum atomic E-state index is 12.2. The monoisotopic (exact) mass is 454 g/mol. The molecule has 8 nitrogen and oxygen atoms in total. The summed E-state index contributed by atoms with van der Waals surface area (Å²) in [7, 11) is 0. The van der Waals surface area contributed by atoms with Gasteiger partial charge in [-0.2, -0.15) is 0 Å². The van der Waals surface area contributed by atoms with Crippen molar-refractivity contribution in [3.63, 3.8) is 0 Å². The van der Waals surface area contributed by atoms with Gasteiger partial charge < -0.3 is 25.4 Å². The van der Waals surface area contributed by atoms with Crippen LogP contribution in [0.15, 0.2) is 42.6 Å². The number of hydrogen-bond acceptors (Lipinski definition) is 6. The summed E-state index contributed by atoms with van der Waals surface area (Å²) in [6.45, 7) is 7.85. The number of pyridine rings is 1. The second-order valence-electron chi connectivity index (χ2n) is 9.23. The fraction of sp³-hybridized carbons (Fsp3) is 0.480. The third-order valence-electron chi connectivity index (χ3n) is 5.38. The Morgan fingerprint density at radius 1 is 1.18 bits per heavy atom. The zero-order chi connectivity index (χ0) is 23.8. The average Bonchev–Trinajstić information content (AvgIpc) is 2.81. The second kappa shape index (κ2) is 11.2. The van der Waals surface area contributed by atoms with Crippen molar-refractivity contribution in [3.05, 3.63) is 53.7 Å². The van der Waals surface area contributed by atoms with Crippen LogP contribution < -0.4 is 10.6 Å². The van der Waals surface area contributed by atoms with E-state index in [1.165, 1.54) is 0 Å². The normalized spacial score (nSPS) is 14.7. The van der Waals surface area contributed by atoms with Crippen molar-refractivity contribution in [2.24, 2.45) is 0 Å². The summed E-state index contributed by atoms with van der Waals surface area (Å²) in [4.78, 5) is 30.7. The van der Waals surface area contributed by atoms with Gasteiger partial charge in [0, 0.05) is 49.5 Å². The minimum absolute atomic E-state index is 0.0919. The van der Waals surface area contributed by atoms with E-state index in [0.29, 0.717) is 31.2 Å². The Morgan fingerprint density at radius 3 is 2.58 bits per heavy atom. The summed E-state index contributed by atoms with van der Waals surface area (Å²) in [5, 5.41) is 15.1. The van der Waals surface area contributed by atoms with Gasteiger partial charge in [0.05, 0.1) is 12.3 Å². The van der Waals surface area contributed by atoms with E-state index in [1.807, 2.05) is 51.2 Å². The smallest absolute Gasteiger partial charge is 0.410 e. The standard InChI is InChI=1S/C25H34N4O4/c1-25(2,3)33-24(32)29-12-9-21(10-13-29)27-16-18-7-8-22(28-17-18)19-5-4-6-20(15-19)23(31)26-11-14-30/h4-8,15,17,21,27,30H,9-14,16H2,1-3H3,(H,26,31). The highest BCUT2D eigenvalue weighted by molar-refractivity contribution is 5.95. The van der Waals surface area contributed by atoms with Gasteiger partial charge in [0.15, 0.2) is 0 Å². The Kier molecular flexibility index (Phi) is 8.41. The maximum absolute atomic E-state index is 12.2. The zero-order valence-electron chi connectivity index (χ0n) is 19.6. The summed E-state index contributed by atoms with van der Waals surface area (Å²) in [6.07, 6.45) is 3.37. The number of nitrogens with one attached hydrogen (secondary N) is 2. The van der Waals surface area contributed by atoms with Crippen LogP contribution in [-0.2, 0) is 11.3 Å². The number of amides is 2. The molecule has 1 fully saturated rings. The van der Waals surface area contributed by atoms with Gasteiger partial charge in [0.1, 0.15) is 5.60 Å². The highest BCUT2D eigenvalue weighted by atomic mass is 16.6. The number of rotatable bonds is 7. The van der Waals surface area contributed by atoms with Crippen molar-refractivity contribution in [1.29, 1.82) is 0 Å². The quantitative estimate of drug-likeness (QED) is 0.594. The molecule has 1 aromatic carbocycles. The van der Waals surface area contributed by atoms with Crippen LogP contribution in [0.3, 0.4) is 0 Å². The van der Waals surface area contributed by atoms with E-state index in [2.05, 4.69) is 15.6 Å². The molecule has 0 aliphatic carbocycles. The third kappa shape index (κ3) is 7.54. The molecule has 0 saturated carbocycles. The van der Waals surface area contributed by atoms with Gasteiger partial charge in [-0.25, -0.2) is 4.79 Å². The molecule has 1 aliphatic rings. The molecule has 178 valence electrons. The van der Waals surface area contributed by atoms with Crippen LogP contribution in [0.5, 0.6) is 0 Å². The van der Waals surface area contributed by atoms with E-state index >= 15 is 0 Å². The molecule has 0 radical (unpaired) electrons. The molecule has 3 N–H and O–H groups in total. The molecule has 2 amide bonds. The molecule has 2 heterocycles. The largest absolute Gasteiger partial charge is 0.444 e. The Bertz CT molecular complexity index is 932. The Hall–Kier alpha value is -2.97. The highest BCUT2D eigenvalue weighted by Crippen LogP contribution is 2.19. The molecule has 0 spiro atoms. The predicted octanol–water partition coefficient (Wildman–Crippen LogP) is 2.96. The first kappa shape index (κ1) is 24.7. The van der Waals surface area contributed by atoms with E-state index in [1.54, 1.807) is 17.0 Å². The lowest BCUT2D eigenvalue weighted by molar-refractivity contribution is 0.0198. The van der Waals surface area contributed by atoms with E-state index in [-0.39, 0.29) is 25.2 Å². The van der Waals surface area contributed by atoms with Gasteiger partial charge in [-0.05, 0) is 57.4 Å². The lowest BCUT2D eigenvalue weighted by atomic mass is 10.0. The SMILES string of the molecule is CC(C)(C)OC(=O)N1CCC(NCc2ccc(-c3cccc(C(=O)NCCO)c3)nc2)CC1. The minimum Gasteiger partial charge on any atom is -0.444 e. The Balaban J connectivity index is 1.49. The fourth-order valence-corrected chi connectivity index (χ4v) is 3.65. The van der Waals surface area contributed by atoms with Crippen LogP contribution in [0.2, 0.25) is 0 Å². The van der Waals surface area contributed by atoms with Crippen molar-refractivity contribution in [2.75, 3.05) is 26.2 Å². The number of aromatic nitrogens is 1. The number of nitrogens with zero attached hydrogens (tertiary/aromatic N) is 2. The number of benzene rings is 1. The molecule has 8 heteroatoms. The summed E-state index contributed by atoms with van der Waals surface area (Å²) >= 11 is 0. The number of carbonyl (C=O) groups is 2. The number of aliphatic hydroxyl groups excluding tert-OH is 1. The molecule has 0 atom stereocenters. The molecule has 1 aliphatic heterocycles. The van der Waals surface area contributed by atoms with Crippen LogP contribution in [0.1, 0.15) is 49.5 Å². The number of ether oxygens (including phenoxy) is 1. The van der Waals surface area contributed by atoms with Crippen molar-refractivity contribution in [2.45, 2.75) is 51.8 Å². The third-order valence-corrected chi connectivity index (χ3v) is 5.38. The van der Waals surface area contributed by atoms with Crippen LogP contribution in [0, 0.1) is 0 Å². The van der Waals surface area contributed by atoms with E-state index in [9.17, 15) is 9.59 Å². The summed E-state index contributed by atoms with van der Waals surface area (Å²) in [5.41, 5.74) is 2.79. The predicted molar refractivity (Wildman–Crippen MR) is 127 cm³/mol. The summed E-state index contributed by atoms with van der Waals surface area (Å²) in [6, 6.07) is 11.6. The van der Waals surface area contributed by atoms with Crippen LogP contribution in [0.4, 0.5) is 4.79 Å². The van der Waals surface area contributed by atoms with E-state index < -0.39 is 5.60 Å². The average molecular weight is 455 g/mol. The van der Waals surface area contributed by atoms with E-state index in [4.69, 9.17) is 9.84 Å². The number of carbonyl (C=O) groups excluding carboxylic acids is 2. The first-order chi connectivity index (χ1) is 15.7. The molecule has 1 aromatic heterocycles. The van der Waals surface area contributed by atoms with Crippen molar-refractivity contribution in [3.8, 4) is 11.3 Å². The molecule has 1 saturated heterocycles. The van der Waals surface area contributed by atoms with Gasteiger partial charge in [0.25, 0.3) is 5.91 Å². The van der Waals surface area contributed by atoms with Gasteiger partial charge in [-0.3, -0.25) is 9.78 Å². The first-order valence-electron chi connectivity index (χ1n) is 11.4.